The van der Waals surface area contributed by atoms with E-state index in [-0.39, 0.29) is 18.7 Å². The summed E-state index contributed by atoms with van der Waals surface area (Å²) in [5.41, 5.74) is -0.679. The van der Waals surface area contributed by atoms with Crippen molar-refractivity contribution < 1.29 is 14.0 Å². The van der Waals surface area contributed by atoms with Gasteiger partial charge in [0.1, 0.15) is 12.1 Å². The lowest BCUT2D eigenvalue weighted by Crippen LogP contribution is -2.28. The van der Waals surface area contributed by atoms with Crippen LogP contribution in [0.15, 0.2) is 22.7 Å². The van der Waals surface area contributed by atoms with Crippen molar-refractivity contribution in [1.82, 2.24) is 5.32 Å². The minimum absolute atomic E-state index is 0.166. The summed E-state index contributed by atoms with van der Waals surface area (Å²) in [6.45, 7) is 1.63. The molecular weight excluding hydrogens is 301 g/mol. The van der Waals surface area contributed by atoms with Crippen LogP contribution < -0.4 is 5.32 Å². The normalized spacial score (nSPS) is 13.8. The summed E-state index contributed by atoms with van der Waals surface area (Å²) in [7, 11) is 1.53. The molecule has 0 radical (unpaired) electrons. The van der Waals surface area contributed by atoms with E-state index in [1.54, 1.807) is 19.1 Å². The van der Waals surface area contributed by atoms with E-state index in [9.17, 15) is 14.0 Å². The quantitative estimate of drug-likeness (QED) is 0.849. The van der Waals surface area contributed by atoms with E-state index >= 15 is 0 Å². The summed E-state index contributed by atoms with van der Waals surface area (Å²) in [6.07, 6.45) is 1.15. The third kappa shape index (κ3) is 3.38. The van der Waals surface area contributed by atoms with E-state index in [4.69, 9.17) is 0 Å². The largest absolute Gasteiger partial charge is 0.359 e. The zero-order valence-electron chi connectivity index (χ0n) is 10.3. The fraction of sp³-hybridized carbons (Fsp3) is 0.385. The number of hydrogen-bond acceptors (Lipinski definition) is 2. The maximum atomic E-state index is 13.8. The van der Waals surface area contributed by atoms with Gasteiger partial charge in [0.25, 0.3) is 0 Å². The minimum Gasteiger partial charge on any atom is -0.359 e. The Morgan fingerprint density at radius 2 is 2.22 bits per heavy atom. The van der Waals surface area contributed by atoms with Crippen molar-refractivity contribution in [1.29, 1.82) is 0 Å². The second kappa shape index (κ2) is 6.09. The molecule has 0 saturated heterocycles. The first-order chi connectivity index (χ1) is 8.42. The molecule has 1 rings (SSSR count). The van der Waals surface area contributed by atoms with Crippen molar-refractivity contribution in [2.75, 3.05) is 7.05 Å². The molecule has 1 aromatic rings. The molecule has 0 heterocycles. The Morgan fingerprint density at radius 3 is 2.72 bits per heavy atom. The average Bonchev–Trinajstić information content (AvgIpc) is 2.35. The Labute approximate surface area is 114 Å². The van der Waals surface area contributed by atoms with Crippen LogP contribution in [0.4, 0.5) is 4.39 Å². The number of nitrogens with one attached hydrogen (secondary N) is 1. The van der Waals surface area contributed by atoms with Crippen molar-refractivity contribution >= 4 is 28.1 Å². The summed E-state index contributed by atoms with van der Waals surface area (Å²) < 4.78 is 14.5. The molecule has 1 aromatic carbocycles. The summed E-state index contributed by atoms with van der Waals surface area (Å²) in [5, 5.41) is 2.48. The van der Waals surface area contributed by atoms with Gasteiger partial charge in [-0.2, -0.15) is 0 Å². The zero-order valence-corrected chi connectivity index (χ0v) is 11.9. The van der Waals surface area contributed by atoms with Crippen molar-refractivity contribution in [3.63, 3.8) is 0 Å². The van der Waals surface area contributed by atoms with E-state index in [0.717, 1.165) is 0 Å². The van der Waals surface area contributed by atoms with Crippen LogP contribution in [0.2, 0.25) is 0 Å². The number of rotatable bonds is 5. The number of carbonyl (C=O) groups is 2. The number of carbonyl (C=O) groups excluding carboxylic acids is 2. The fourth-order valence-corrected chi connectivity index (χ4v) is 2.04. The van der Waals surface area contributed by atoms with Crippen LogP contribution in [0.5, 0.6) is 0 Å². The van der Waals surface area contributed by atoms with E-state index in [1.807, 2.05) is 0 Å². The molecule has 3 nitrogen and oxygen atoms in total. The average molecular weight is 316 g/mol. The highest BCUT2D eigenvalue weighted by Crippen LogP contribution is 2.30. The van der Waals surface area contributed by atoms with E-state index in [1.165, 1.54) is 13.1 Å². The van der Waals surface area contributed by atoms with Gasteiger partial charge in [0.2, 0.25) is 5.91 Å². The first-order valence-electron chi connectivity index (χ1n) is 5.55. The first-order valence-corrected chi connectivity index (χ1v) is 6.34. The molecule has 0 aliphatic carbocycles. The minimum atomic E-state index is -0.989. The Hall–Kier alpha value is -1.23. The smallest absolute Gasteiger partial charge is 0.219 e. The molecule has 1 unspecified atom stereocenters. The van der Waals surface area contributed by atoms with Crippen LogP contribution in [-0.4, -0.2) is 19.2 Å². The monoisotopic (exact) mass is 315 g/mol. The topological polar surface area (TPSA) is 46.2 Å². The molecule has 0 aromatic heterocycles. The Morgan fingerprint density at radius 1 is 1.56 bits per heavy atom. The molecule has 1 atom stereocenters. The predicted octanol–water partition coefficient (Wildman–Crippen LogP) is 2.57. The van der Waals surface area contributed by atoms with E-state index in [2.05, 4.69) is 21.2 Å². The van der Waals surface area contributed by atoms with Crippen LogP contribution >= 0.6 is 15.9 Å². The summed E-state index contributed by atoms with van der Waals surface area (Å²) in [4.78, 5) is 22.5. The van der Waals surface area contributed by atoms with Gasteiger partial charge in [-0.05, 0) is 25.5 Å². The molecule has 1 N–H and O–H groups in total. The maximum absolute atomic E-state index is 13.8. The molecule has 0 aliphatic heterocycles. The lowest BCUT2D eigenvalue weighted by atomic mass is 9.79. The van der Waals surface area contributed by atoms with Gasteiger partial charge >= 0.3 is 0 Å². The number of hydrogen-bond donors (Lipinski definition) is 1. The van der Waals surface area contributed by atoms with Crippen LogP contribution in [0.3, 0.4) is 0 Å². The Kier molecular flexibility index (Phi) is 5.02. The van der Waals surface area contributed by atoms with Gasteiger partial charge in [-0.1, -0.05) is 22.0 Å². The van der Waals surface area contributed by atoms with Crippen molar-refractivity contribution in [2.45, 2.75) is 25.2 Å². The molecule has 0 saturated carbocycles. The molecule has 0 aliphatic rings. The summed E-state index contributed by atoms with van der Waals surface area (Å²) in [5.74, 6) is -0.614. The molecule has 0 spiro atoms. The molecule has 0 bridgehead atoms. The Bertz CT molecular complexity index is 464. The van der Waals surface area contributed by atoms with Crippen LogP contribution in [0.1, 0.15) is 25.3 Å². The van der Waals surface area contributed by atoms with Gasteiger partial charge in [0, 0.05) is 23.5 Å². The maximum Gasteiger partial charge on any atom is 0.219 e. The van der Waals surface area contributed by atoms with Crippen molar-refractivity contribution in [3.8, 4) is 0 Å². The van der Waals surface area contributed by atoms with Gasteiger partial charge in [-0.25, -0.2) is 4.39 Å². The van der Waals surface area contributed by atoms with Gasteiger partial charge in [-0.3, -0.25) is 4.79 Å². The Balaban J connectivity index is 2.99. The number of aldehydes is 1. The fourth-order valence-electron chi connectivity index (χ4n) is 1.71. The third-order valence-electron chi connectivity index (χ3n) is 2.96. The highest BCUT2D eigenvalue weighted by atomic mass is 79.9. The SMILES string of the molecule is CNC(=O)CCC(C)(C=O)c1ccc(Br)cc1F. The lowest BCUT2D eigenvalue weighted by Gasteiger charge is -2.23. The van der Waals surface area contributed by atoms with Crippen LogP contribution in [0.25, 0.3) is 0 Å². The van der Waals surface area contributed by atoms with Gasteiger partial charge in [-0.15, -0.1) is 0 Å². The van der Waals surface area contributed by atoms with Crippen molar-refractivity contribution in [2.24, 2.45) is 0 Å². The molecular formula is C13H15BrFNO2. The van der Waals surface area contributed by atoms with E-state index in [0.29, 0.717) is 16.3 Å². The van der Waals surface area contributed by atoms with E-state index < -0.39 is 11.2 Å². The molecule has 1 amide bonds. The molecule has 0 fully saturated rings. The second-order valence-corrected chi connectivity index (χ2v) is 5.25. The number of halogens is 2. The molecule has 98 valence electrons. The number of benzene rings is 1. The molecule has 18 heavy (non-hydrogen) atoms. The first kappa shape index (κ1) is 14.8. The summed E-state index contributed by atoms with van der Waals surface area (Å²) >= 11 is 3.17. The third-order valence-corrected chi connectivity index (χ3v) is 3.45. The van der Waals surface area contributed by atoms with Crippen LogP contribution in [-0.2, 0) is 15.0 Å². The second-order valence-electron chi connectivity index (χ2n) is 4.33. The number of amides is 1. The molecule has 5 heteroatoms. The predicted molar refractivity (Wildman–Crippen MR) is 70.8 cm³/mol. The van der Waals surface area contributed by atoms with Gasteiger partial charge in [0.15, 0.2) is 0 Å². The summed E-state index contributed by atoms with van der Waals surface area (Å²) in [6, 6.07) is 4.56. The zero-order chi connectivity index (χ0) is 13.8. The standard InChI is InChI=1S/C13H15BrFNO2/c1-13(8-17,6-5-12(18)16-2)10-4-3-9(14)7-11(10)15/h3-4,7-8H,5-6H2,1-2H3,(H,16,18). The highest BCUT2D eigenvalue weighted by molar-refractivity contribution is 9.10. The van der Waals surface area contributed by atoms with Gasteiger partial charge < -0.3 is 10.1 Å². The van der Waals surface area contributed by atoms with Crippen molar-refractivity contribution in [3.05, 3.63) is 34.1 Å². The highest BCUT2D eigenvalue weighted by Gasteiger charge is 2.29. The van der Waals surface area contributed by atoms with Crippen LogP contribution in [0, 0.1) is 5.82 Å². The van der Waals surface area contributed by atoms with Gasteiger partial charge in [0.05, 0.1) is 5.41 Å². The lowest BCUT2D eigenvalue weighted by molar-refractivity contribution is -0.121.